The van der Waals surface area contributed by atoms with Gasteiger partial charge in [-0.25, -0.2) is 0 Å². The summed E-state index contributed by atoms with van der Waals surface area (Å²) in [7, 11) is 0. The monoisotopic (exact) mass is 385 g/mol. The number of carbonyl (C=O) groups is 1. The first-order valence-corrected chi connectivity index (χ1v) is 9.45. The van der Waals surface area contributed by atoms with Crippen LogP contribution >= 0.6 is 15.9 Å². The molecule has 1 fully saturated rings. The van der Waals surface area contributed by atoms with Gasteiger partial charge in [0, 0.05) is 17.4 Å². The second-order valence-corrected chi connectivity index (χ2v) is 7.64. The minimum atomic E-state index is 0.240. The number of nitrogens with zero attached hydrogens (tertiary/aromatic N) is 1. The Labute approximate surface area is 153 Å². The number of carbonyl (C=O) groups excluding carboxylic acids is 1. The first kappa shape index (κ1) is 17.2. The first-order chi connectivity index (χ1) is 11.5. The molecule has 3 rings (SSSR count). The summed E-state index contributed by atoms with van der Waals surface area (Å²) in [5.41, 5.74) is 5.09. The van der Waals surface area contributed by atoms with Crippen molar-refractivity contribution in [1.29, 1.82) is 0 Å². The van der Waals surface area contributed by atoms with Crippen molar-refractivity contribution in [1.82, 2.24) is 4.90 Å². The Balaban J connectivity index is 1.66. The quantitative estimate of drug-likeness (QED) is 0.693. The van der Waals surface area contributed by atoms with Crippen molar-refractivity contribution in [2.75, 3.05) is 6.54 Å². The van der Waals surface area contributed by atoms with E-state index in [9.17, 15) is 4.79 Å². The molecular formula is C21H24BrNO. The number of aryl methyl sites for hydroxylation is 3. The van der Waals surface area contributed by atoms with Gasteiger partial charge in [-0.05, 0) is 61.9 Å². The Morgan fingerprint density at radius 2 is 1.92 bits per heavy atom. The lowest BCUT2D eigenvalue weighted by atomic mass is 10.0. The van der Waals surface area contributed by atoms with E-state index in [2.05, 4.69) is 77.1 Å². The molecule has 2 aromatic carbocycles. The molecule has 0 aliphatic carbocycles. The molecule has 2 aromatic rings. The van der Waals surface area contributed by atoms with Gasteiger partial charge < -0.3 is 4.90 Å². The van der Waals surface area contributed by atoms with Gasteiger partial charge >= 0.3 is 0 Å². The predicted molar refractivity (Wildman–Crippen MR) is 102 cm³/mol. The molecule has 1 saturated heterocycles. The number of amides is 1. The maximum Gasteiger partial charge on any atom is 0.223 e. The number of halogens is 1. The summed E-state index contributed by atoms with van der Waals surface area (Å²) in [5.74, 6) is 0.278. The Bertz CT molecular complexity index is 723. The molecule has 1 heterocycles. The minimum Gasteiger partial charge on any atom is -0.336 e. The standard InChI is InChI=1S/C21H24BrNO/c1-15-5-6-17(16(2)14-15)9-12-21(24)23-13-3-4-20(23)18-7-10-19(22)11-8-18/h5-8,10-11,14,20H,3-4,9,12-13H2,1-2H3. The molecule has 24 heavy (non-hydrogen) atoms. The van der Waals surface area contributed by atoms with Crippen LogP contribution in [0.5, 0.6) is 0 Å². The van der Waals surface area contributed by atoms with Crippen molar-refractivity contribution >= 4 is 21.8 Å². The number of likely N-dealkylation sites (tertiary alicyclic amines) is 1. The van der Waals surface area contributed by atoms with Crippen molar-refractivity contribution < 1.29 is 4.79 Å². The van der Waals surface area contributed by atoms with Crippen LogP contribution in [0.1, 0.15) is 47.6 Å². The van der Waals surface area contributed by atoms with Crippen molar-refractivity contribution in [2.45, 2.75) is 45.6 Å². The highest BCUT2D eigenvalue weighted by Gasteiger charge is 2.29. The van der Waals surface area contributed by atoms with Gasteiger partial charge in [-0.3, -0.25) is 4.79 Å². The lowest BCUT2D eigenvalue weighted by Gasteiger charge is -2.25. The highest BCUT2D eigenvalue weighted by molar-refractivity contribution is 9.10. The number of hydrogen-bond donors (Lipinski definition) is 0. The van der Waals surface area contributed by atoms with Gasteiger partial charge in [0.2, 0.25) is 5.91 Å². The van der Waals surface area contributed by atoms with Gasteiger partial charge in [-0.2, -0.15) is 0 Å². The molecule has 2 nitrogen and oxygen atoms in total. The van der Waals surface area contributed by atoms with E-state index in [-0.39, 0.29) is 11.9 Å². The third kappa shape index (κ3) is 3.89. The lowest BCUT2D eigenvalue weighted by molar-refractivity contribution is -0.132. The fourth-order valence-corrected chi connectivity index (χ4v) is 3.87. The number of benzene rings is 2. The largest absolute Gasteiger partial charge is 0.336 e. The number of hydrogen-bond acceptors (Lipinski definition) is 1. The average Bonchev–Trinajstić information content (AvgIpc) is 3.04. The van der Waals surface area contributed by atoms with Gasteiger partial charge in [-0.1, -0.05) is 51.8 Å². The average molecular weight is 386 g/mol. The molecule has 1 atom stereocenters. The molecule has 1 aliphatic heterocycles. The van der Waals surface area contributed by atoms with E-state index in [1.807, 2.05) is 0 Å². The second kappa shape index (κ2) is 7.52. The Morgan fingerprint density at radius 3 is 2.62 bits per heavy atom. The molecule has 0 spiro atoms. The molecule has 1 aliphatic rings. The van der Waals surface area contributed by atoms with Crippen LogP contribution in [0.4, 0.5) is 0 Å². The van der Waals surface area contributed by atoms with Crippen molar-refractivity contribution in [3.63, 3.8) is 0 Å². The zero-order valence-electron chi connectivity index (χ0n) is 14.4. The second-order valence-electron chi connectivity index (χ2n) is 6.73. The highest BCUT2D eigenvalue weighted by Crippen LogP contribution is 2.33. The molecule has 1 amide bonds. The normalized spacial score (nSPS) is 17.3. The summed E-state index contributed by atoms with van der Waals surface area (Å²) in [5, 5.41) is 0. The maximum absolute atomic E-state index is 12.8. The molecule has 0 radical (unpaired) electrons. The molecular weight excluding hydrogens is 362 g/mol. The Kier molecular flexibility index (Phi) is 5.40. The third-order valence-electron chi connectivity index (χ3n) is 4.93. The fraction of sp³-hybridized carbons (Fsp3) is 0.381. The predicted octanol–water partition coefficient (Wildman–Crippen LogP) is 5.36. The Hall–Kier alpha value is -1.61. The summed E-state index contributed by atoms with van der Waals surface area (Å²) in [6, 6.07) is 15.1. The highest BCUT2D eigenvalue weighted by atomic mass is 79.9. The summed E-state index contributed by atoms with van der Waals surface area (Å²) >= 11 is 3.48. The van der Waals surface area contributed by atoms with Crippen molar-refractivity contribution in [2.24, 2.45) is 0 Å². The van der Waals surface area contributed by atoms with Crippen molar-refractivity contribution in [3.8, 4) is 0 Å². The topological polar surface area (TPSA) is 20.3 Å². The SMILES string of the molecule is Cc1ccc(CCC(=O)N2CCCC2c2ccc(Br)cc2)c(C)c1. The molecule has 0 aromatic heterocycles. The van der Waals surface area contributed by atoms with E-state index >= 15 is 0 Å². The fourth-order valence-electron chi connectivity index (χ4n) is 3.61. The van der Waals surface area contributed by atoms with Crippen LogP contribution in [-0.2, 0) is 11.2 Å². The van der Waals surface area contributed by atoms with E-state index in [1.165, 1.54) is 22.3 Å². The van der Waals surface area contributed by atoms with E-state index in [1.54, 1.807) is 0 Å². The lowest BCUT2D eigenvalue weighted by Crippen LogP contribution is -2.30. The zero-order chi connectivity index (χ0) is 17.1. The van der Waals surface area contributed by atoms with Crippen LogP contribution in [0.3, 0.4) is 0 Å². The van der Waals surface area contributed by atoms with Crippen LogP contribution in [0, 0.1) is 13.8 Å². The van der Waals surface area contributed by atoms with Gasteiger partial charge in [0.15, 0.2) is 0 Å². The third-order valence-corrected chi connectivity index (χ3v) is 5.46. The van der Waals surface area contributed by atoms with Gasteiger partial charge in [0.05, 0.1) is 6.04 Å². The smallest absolute Gasteiger partial charge is 0.223 e. The van der Waals surface area contributed by atoms with Crippen molar-refractivity contribution in [3.05, 3.63) is 69.2 Å². The Morgan fingerprint density at radius 1 is 1.17 bits per heavy atom. The van der Waals surface area contributed by atoms with Crippen LogP contribution in [0.25, 0.3) is 0 Å². The maximum atomic E-state index is 12.8. The van der Waals surface area contributed by atoms with Crippen LogP contribution < -0.4 is 0 Å². The minimum absolute atomic E-state index is 0.240. The first-order valence-electron chi connectivity index (χ1n) is 8.65. The van der Waals surface area contributed by atoms with E-state index in [0.717, 1.165) is 30.3 Å². The molecule has 126 valence electrons. The van der Waals surface area contributed by atoms with Crippen LogP contribution in [0.2, 0.25) is 0 Å². The zero-order valence-corrected chi connectivity index (χ0v) is 16.0. The molecule has 0 N–H and O–H groups in total. The summed E-state index contributed by atoms with van der Waals surface area (Å²) < 4.78 is 1.08. The molecule has 0 saturated carbocycles. The number of rotatable bonds is 4. The summed E-state index contributed by atoms with van der Waals surface area (Å²) in [6.45, 7) is 5.12. The molecule has 1 unspecified atom stereocenters. The van der Waals surface area contributed by atoms with E-state index < -0.39 is 0 Å². The van der Waals surface area contributed by atoms with Gasteiger partial charge in [0.1, 0.15) is 0 Å². The van der Waals surface area contributed by atoms with Crippen LogP contribution in [0.15, 0.2) is 46.9 Å². The van der Waals surface area contributed by atoms with Crippen LogP contribution in [-0.4, -0.2) is 17.4 Å². The van der Waals surface area contributed by atoms with Gasteiger partial charge in [-0.15, -0.1) is 0 Å². The molecule has 0 bridgehead atoms. The molecule has 3 heteroatoms. The van der Waals surface area contributed by atoms with E-state index in [0.29, 0.717) is 6.42 Å². The van der Waals surface area contributed by atoms with E-state index in [4.69, 9.17) is 0 Å². The van der Waals surface area contributed by atoms with Gasteiger partial charge in [0.25, 0.3) is 0 Å². The summed E-state index contributed by atoms with van der Waals surface area (Å²) in [6.07, 6.45) is 3.58. The summed E-state index contributed by atoms with van der Waals surface area (Å²) in [4.78, 5) is 14.8.